The zero-order valence-corrected chi connectivity index (χ0v) is 10.2. The molecule has 0 aliphatic heterocycles. The van der Waals surface area contributed by atoms with Crippen LogP contribution in [0.25, 0.3) is 0 Å². The first-order chi connectivity index (χ1) is 8.29. The zero-order chi connectivity index (χ0) is 12.1. The van der Waals surface area contributed by atoms with Crippen LogP contribution in [0, 0.1) is 0 Å². The second kappa shape index (κ2) is 5.64. The van der Waals surface area contributed by atoms with Gasteiger partial charge in [-0.3, -0.25) is 0 Å². The summed E-state index contributed by atoms with van der Waals surface area (Å²) in [5.74, 6) is 0.559. The van der Waals surface area contributed by atoms with E-state index in [-0.39, 0.29) is 0 Å². The molecule has 1 aromatic carbocycles. The van der Waals surface area contributed by atoms with Crippen molar-refractivity contribution in [2.45, 2.75) is 32.4 Å². The molecule has 90 valence electrons. The maximum Gasteiger partial charge on any atom is 0.0945 e. The summed E-state index contributed by atoms with van der Waals surface area (Å²) < 4.78 is 2.12. The van der Waals surface area contributed by atoms with Gasteiger partial charge in [0.2, 0.25) is 0 Å². The molecule has 0 amide bonds. The third-order valence-electron chi connectivity index (χ3n) is 3.16. The topological polar surface area (TPSA) is 43.8 Å². The van der Waals surface area contributed by atoms with Crippen LogP contribution < -0.4 is 5.73 Å². The smallest absolute Gasteiger partial charge is 0.0945 e. The number of imidazole rings is 1. The SMILES string of the molecule is CC(CCn1ccnc1)c1ccc(CN)cc1. The summed E-state index contributed by atoms with van der Waals surface area (Å²) in [4.78, 5) is 4.04. The van der Waals surface area contributed by atoms with E-state index >= 15 is 0 Å². The molecule has 2 N–H and O–H groups in total. The summed E-state index contributed by atoms with van der Waals surface area (Å²) in [6, 6.07) is 8.59. The van der Waals surface area contributed by atoms with Crippen molar-refractivity contribution >= 4 is 0 Å². The lowest BCUT2D eigenvalue weighted by atomic mass is 9.97. The highest BCUT2D eigenvalue weighted by Gasteiger charge is 2.05. The van der Waals surface area contributed by atoms with Gasteiger partial charge in [0, 0.05) is 25.5 Å². The van der Waals surface area contributed by atoms with Crippen LogP contribution in [0.1, 0.15) is 30.4 Å². The Bertz CT molecular complexity index is 431. The van der Waals surface area contributed by atoms with Gasteiger partial charge in [-0.15, -0.1) is 0 Å². The number of aryl methyl sites for hydroxylation is 1. The van der Waals surface area contributed by atoms with Gasteiger partial charge in [0.25, 0.3) is 0 Å². The van der Waals surface area contributed by atoms with Gasteiger partial charge < -0.3 is 10.3 Å². The number of rotatable bonds is 5. The molecule has 0 aliphatic carbocycles. The number of nitrogens with two attached hydrogens (primary N) is 1. The lowest BCUT2D eigenvalue weighted by Crippen LogP contribution is -2.02. The molecule has 3 heteroatoms. The van der Waals surface area contributed by atoms with Gasteiger partial charge in [-0.05, 0) is 23.5 Å². The summed E-state index contributed by atoms with van der Waals surface area (Å²) in [5, 5.41) is 0. The van der Waals surface area contributed by atoms with Gasteiger partial charge >= 0.3 is 0 Å². The molecule has 0 bridgehead atoms. The second-order valence-corrected chi connectivity index (χ2v) is 4.44. The molecule has 0 fully saturated rings. The zero-order valence-electron chi connectivity index (χ0n) is 10.2. The van der Waals surface area contributed by atoms with Gasteiger partial charge in [-0.2, -0.15) is 0 Å². The maximum absolute atomic E-state index is 5.59. The molecule has 0 aliphatic rings. The Morgan fingerprint density at radius 3 is 2.65 bits per heavy atom. The molecule has 1 heterocycles. The number of aromatic nitrogens is 2. The Morgan fingerprint density at radius 1 is 1.29 bits per heavy atom. The third kappa shape index (κ3) is 3.17. The predicted octanol–water partition coefficient (Wildman–Crippen LogP) is 2.54. The van der Waals surface area contributed by atoms with E-state index in [4.69, 9.17) is 5.73 Å². The minimum Gasteiger partial charge on any atom is -0.337 e. The second-order valence-electron chi connectivity index (χ2n) is 4.44. The summed E-state index contributed by atoms with van der Waals surface area (Å²) in [5.41, 5.74) is 8.16. The molecule has 0 spiro atoms. The van der Waals surface area contributed by atoms with Crippen LogP contribution in [0.4, 0.5) is 0 Å². The van der Waals surface area contributed by atoms with Crippen LogP contribution in [0.5, 0.6) is 0 Å². The first kappa shape index (κ1) is 11.9. The fourth-order valence-electron chi connectivity index (χ4n) is 1.91. The van der Waals surface area contributed by atoms with E-state index in [2.05, 4.69) is 40.7 Å². The molecule has 2 rings (SSSR count). The predicted molar refractivity (Wildman–Crippen MR) is 69.6 cm³/mol. The molecular formula is C14H19N3. The number of benzene rings is 1. The van der Waals surface area contributed by atoms with Crippen LogP contribution >= 0.6 is 0 Å². The lowest BCUT2D eigenvalue weighted by molar-refractivity contribution is 0.576. The third-order valence-corrected chi connectivity index (χ3v) is 3.16. The van der Waals surface area contributed by atoms with Crippen molar-refractivity contribution in [3.05, 3.63) is 54.1 Å². The van der Waals surface area contributed by atoms with E-state index < -0.39 is 0 Å². The number of hydrogen-bond donors (Lipinski definition) is 1. The van der Waals surface area contributed by atoms with Gasteiger partial charge in [0.1, 0.15) is 0 Å². The number of nitrogens with zero attached hydrogens (tertiary/aromatic N) is 2. The van der Waals surface area contributed by atoms with Gasteiger partial charge in [0.05, 0.1) is 6.33 Å². The van der Waals surface area contributed by atoms with E-state index in [0.29, 0.717) is 12.5 Å². The Kier molecular flexibility index (Phi) is 3.94. The summed E-state index contributed by atoms with van der Waals surface area (Å²) in [6.45, 7) is 3.89. The number of hydrogen-bond acceptors (Lipinski definition) is 2. The minimum absolute atomic E-state index is 0.559. The first-order valence-electron chi connectivity index (χ1n) is 6.04. The van der Waals surface area contributed by atoms with Crippen molar-refractivity contribution in [1.82, 2.24) is 9.55 Å². The lowest BCUT2D eigenvalue weighted by Gasteiger charge is -2.12. The highest BCUT2D eigenvalue weighted by molar-refractivity contribution is 5.24. The Balaban J connectivity index is 1.92. The fraction of sp³-hybridized carbons (Fsp3) is 0.357. The van der Waals surface area contributed by atoms with E-state index in [1.807, 2.05) is 18.7 Å². The molecule has 0 radical (unpaired) electrons. The molecule has 2 aromatic rings. The van der Waals surface area contributed by atoms with E-state index in [9.17, 15) is 0 Å². The summed E-state index contributed by atoms with van der Waals surface area (Å²) >= 11 is 0. The largest absolute Gasteiger partial charge is 0.337 e. The van der Waals surface area contributed by atoms with Crippen LogP contribution in [-0.4, -0.2) is 9.55 Å². The van der Waals surface area contributed by atoms with Crippen molar-refractivity contribution in [3.63, 3.8) is 0 Å². The normalized spacial score (nSPS) is 12.6. The van der Waals surface area contributed by atoms with Gasteiger partial charge in [-0.25, -0.2) is 4.98 Å². The van der Waals surface area contributed by atoms with E-state index in [1.54, 1.807) is 0 Å². The Labute approximate surface area is 102 Å². The van der Waals surface area contributed by atoms with Crippen molar-refractivity contribution in [2.24, 2.45) is 5.73 Å². The average molecular weight is 229 g/mol. The first-order valence-corrected chi connectivity index (χ1v) is 6.04. The monoisotopic (exact) mass is 229 g/mol. The summed E-state index contributed by atoms with van der Waals surface area (Å²) in [7, 11) is 0. The molecule has 3 nitrogen and oxygen atoms in total. The standard InChI is InChI=1S/C14H19N3/c1-12(6-8-17-9-7-16-11-17)14-4-2-13(10-15)3-5-14/h2-5,7,9,11-12H,6,8,10,15H2,1H3. The molecule has 1 unspecified atom stereocenters. The molecule has 1 atom stereocenters. The van der Waals surface area contributed by atoms with Gasteiger partial charge in [0.15, 0.2) is 0 Å². The molecule has 0 saturated carbocycles. The highest BCUT2D eigenvalue weighted by Crippen LogP contribution is 2.20. The van der Waals surface area contributed by atoms with Gasteiger partial charge in [-0.1, -0.05) is 31.2 Å². The summed E-state index contributed by atoms with van der Waals surface area (Å²) in [6.07, 6.45) is 6.81. The van der Waals surface area contributed by atoms with Crippen LogP contribution in [-0.2, 0) is 13.1 Å². The highest BCUT2D eigenvalue weighted by atomic mass is 15.0. The van der Waals surface area contributed by atoms with E-state index in [1.165, 1.54) is 11.1 Å². The van der Waals surface area contributed by atoms with Crippen LogP contribution in [0.15, 0.2) is 43.0 Å². The van der Waals surface area contributed by atoms with Crippen LogP contribution in [0.2, 0.25) is 0 Å². The minimum atomic E-state index is 0.559. The van der Waals surface area contributed by atoms with E-state index in [0.717, 1.165) is 13.0 Å². The van der Waals surface area contributed by atoms with Crippen LogP contribution in [0.3, 0.4) is 0 Å². The Morgan fingerprint density at radius 2 is 2.06 bits per heavy atom. The Hall–Kier alpha value is -1.61. The fourth-order valence-corrected chi connectivity index (χ4v) is 1.91. The molecule has 17 heavy (non-hydrogen) atoms. The molecule has 1 aromatic heterocycles. The van der Waals surface area contributed by atoms with Crippen molar-refractivity contribution in [1.29, 1.82) is 0 Å². The maximum atomic E-state index is 5.59. The quantitative estimate of drug-likeness (QED) is 0.856. The van der Waals surface area contributed by atoms with Crippen molar-refractivity contribution in [2.75, 3.05) is 0 Å². The van der Waals surface area contributed by atoms with Crippen molar-refractivity contribution < 1.29 is 0 Å². The molecule has 0 saturated heterocycles. The van der Waals surface area contributed by atoms with Crippen molar-refractivity contribution in [3.8, 4) is 0 Å². The molecular weight excluding hydrogens is 210 g/mol. The average Bonchev–Trinajstić information content (AvgIpc) is 2.89.